The average molecular weight is 413 g/mol. The first kappa shape index (κ1) is 21.6. The fourth-order valence-electron chi connectivity index (χ4n) is 3.62. The van der Waals surface area contributed by atoms with Crippen LogP contribution in [-0.4, -0.2) is 57.1 Å². The number of hydrogen-bond donors (Lipinski definition) is 2. The summed E-state index contributed by atoms with van der Waals surface area (Å²) in [4.78, 5) is 18.8. The number of carbonyl (C=O) groups excluding carboxylic acids is 1. The van der Waals surface area contributed by atoms with Crippen LogP contribution in [0.1, 0.15) is 33.8 Å². The van der Waals surface area contributed by atoms with Crippen molar-refractivity contribution in [3.8, 4) is 5.75 Å². The summed E-state index contributed by atoms with van der Waals surface area (Å²) in [6.45, 7) is 4.44. The minimum Gasteiger partial charge on any atom is -0.497 e. The Morgan fingerprint density at radius 3 is 2.60 bits per heavy atom. The molecule has 1 aliphatic heterocycles. The Bertz CT molecular complexity index is 899. The minimum atomic E-state index is -0.373. The van der Waals surface area contributed by atoms with Crippen LogP contribution in [0.5, 0.6) is 5.75 Å². The summed E-state index contributed by atoms with van der Waals surface area (Å²) < 4.78 is 18.9. The van der Waals surface area contributed by atoms with Crippen molar-refractivity contribution in [3.63, 3.8) is 0 Å². The molecule has 0 radical (unpaired) electrons. The molecule has 2 N–H and O–H groups in total. The molecule has 0 aromatic heterocycles. The molecule has 0 saturated carbocycles. The summed E-state index contributed by atoms with van der Waals surface area (Å²) in [5.74, 6) is 1.47. The van der Waals surface area contributed by atoms with Crippen molar-refractivity contribution in [2.75, 3.05) is 40.3 Å². The number of nitrogens with one attached hydrogen (secondary N) is 2. The molecule has 1 saturated heterocycles. The van der Waals surface area contributed by atoms with Crippen molar-refractivity contribution in [2.45, 2.75) is 19.3 Å². The van der Waals surface area contributed by atoms with Crippen LogP contribution >= 0.6 is 0 Å². The maximum atomic E-state index is 13.6. The highest BCUT2D eigenvalue weighted by molar-refractivity contribution is 5.94. The van der Waals surface area contributed by atoms with Gasteiger partial charge in [0.25, 0.3) is 5.91 Å². The molecule has 0 aliphatic carbocycles. The average Bonchev–Trinajstić information content (AvgIpc) is 3.25. The number of aryl methyl sites for hydroxylation is 1. The third kappa shape index (κ3) is 5.28. The fraction of sp³-hybridized carbons (Fsp3) is 0.391. The Labute approximate surface area is 177 Å². The van der Waals surface area contributed by atoms with Crippen molar-refractivity contribution in [1.82, 2.24) is 15.5 Å². The van der Waals surface area contributed by atoms with E-state index in [9.17, 15) is 9.18 Å². The number of carbonyl (C=O) groups is 1. The van der Waals surface area contributed by atoms with E-state index >= 15 is 0 Å². The molecule has 160 valence electrons. The predicted octanol–water partition coefficient (Wildman–Crippen LogP) is 2.94. The van der Waals surface area contributed by atoms with E-state index in [0.29, 0.717) is 30.1 Å². The van der Waals surface area contributed by atoms with Gasteiger partial charge in [0.1, 0.15) is 11.6 Å². The first-order valence-electron chi connectivity index (χ1n) is 10.2. The third-order valence-corrected chi connectivity index (χ3v) is 5.41. The second kappa shape index (κ2) is 10.1. The number of guanidine groups is 1. The van der Waals surface area contributed by atoms with Gasteiger partial charge < -0.3 is 20.3 Å². The molecule has 1 atom stereocenters. The molecule has 1 unspecified atom stereocenters. The van der Waals surface area contributed by atoms with Crippen molar-refractivity contribution in [2.24, 2.45) is 4.99 Å². The molecule has 7 heteroatoms. The number of amides is 1. The molecule has 1 amide bonds. The Morgan fingerprint density at radius 1 is 1.20 bits per heavy atom. The molecule has 6 nitrogen and oxygen atoms in total. The Kier molecular flexibility index (Phi) is 7.27. The summed E-state index contributed by atoms with van der Waals surface area (Å²) in [5.41, 5.74) is 2.14. The normalized spacial score (nSPS) is 16.5. The molecule has 1 aliphatic rings. The van der Waals surface area contributed by atoms with Gasteiger partial charge in [-0.15, -0.1) is 0 Å². The predicted molar refractivity (Wildman–Crippen MR) is 117 cm³/mol. The van der Waals surface area contributed by atoms with E-state index in [2.05, 4.69) is 32.7 Å². The second-order valence-electron chi connectivity index (χ2n) is 7.40. The van der Waals surface area contributed by atoms with Crippen molar-refractivity contribution >= 4 is 11.9 Å². The highest BCUT2D eigenvalue weighted by atomic mass is 19.1. The first-order valence-corrected chi connectivity index (χ1v) is 10.2. The van der Waals surface area contributed by atoms with Crippen LogP contribution < -0.4 is 15.4 Å². The molecular formula is C23H29FN4O2. The van der Waals surface area contributed by atoms with Gasteiger partial charge in [-0.05, 0) is 48.7 Å². The van der Waals surface area contributed by atoms with Crippen LogP contribution in [0.15, 0.2) is 47.5 Å². The van der Waals surface area contributed by atoms with Gasteiger partial charge in [-0.3, -0.25) is 9.79 Å². The van der Waals surface area contributed by atoms with E-state index in [0.717, 1.165) is 31.2 Å². The van der Waals surface area contributed by atoms with Crippen molar-refractivity contribution < 1.29 is 13.9 Å². The lowest BCUT2D eigenvalue weighted by atomic mass is 9.98. The molecular weight excluding hydrogens is 383 g/mol. The fourth-order valence-corrected chi connectivity index (χ4v) is 3.62. The van der Waals surface area contributed by atoms with E-state index in [4.69, 9.17) is 4.74 Å². The zero-order valence-electron chi connectivity index (χ0n) is 17.7. The SMILES string of the molecule is CN=C(NCCNC(=O)c1ccc(C)c(F)c1)N1CCC(c2ccc(OC)cc2)C1. The quantitative estimate of drug-likeness (QED) is 0.435. The maximum absolute atomic E-state index is 13.6. The third-order valence-electron chi connectivity index (χ3n) is 5.41. The minimum absolute atomic E-state index is 0.286. The van der Waals surface area contributed by atoms with Gasteiger partial charge in [-0.2, -0.15) is 0 Å². The highest BCUT2D eigenvalue weighted by Crippen LogP contribution is 2.28. The summed E-state index contributed by atoms with van der Waals surface area (Å²) >= 11 is 0. The number of halogens is 1. The van der Waals surface area contributed by atoms with Gasteiger partial charge in [0.05, 0.1) is 7.11 Å². The Morgan fingerprint density at radius 2 is 1.93 bits per heavy atom. The van der Waals surface area contributed by atoms with Gasteiger partial charge >= 0.3 is 0 Å². The molecule has 0 bridgehead atoms. The standard InChI is InChI=1S/C23H29FN4O2/c1-16-4-5-18(14-21(16)24)22(29)26-11-12-27-23(25-2)28-13-10-19(15-28)17-6-8-20(30-3)9-7-17/h4-9,14,19H,10-13,15H2,1-3H3,(H,25,27)(H,26,29). The number of hydrogen-bond acceptors (Lipinski definition) is 3. The number of methoxy groups -OCH3 is 1. The van der Waals surface area contributed by atoms with Crippen molar-refractivity contribution in [1.29, 1.82) is 0 Å². The zero-order chi connectivity index (χ0) is 21.5. The number of ether oxygens (including phenoxy) is 1. The monoisotopic (exact) mass is 412 g/mol. The van der Waals surface area contributed by atoms with Crippen molar-refractivity contribution in [3.05, 3.63) is 65.0 Å². The molecule has 1 heterocycles. The lowest BCUT2D eigenvalue weighted by molar-refractivity contribution is 0.0954. The molecule has 2 aromatic rings. The first-order chi connectivity index (χ1) is 14.5. The number of likely N-dealkylation sites (tertiary alicyclic amines) is 1. The van der Waals surface area contributed by atoms with E-state index in [1.54, 1.807) is 33.2 Å². The number of benzene rings is 2. The number of rotatable bonds is 6. The van der Waals surface area contributed by atoms with Crippen LogP contribution in [0.3, 0.4) is 0 Å². The Balaban J connectivity index is 1.45. The summed E-state index contributed by atoms with van der Waals surface area (Å²) in [5, 5.41) is 6.10. The summed E-state index contributed by atoms with van der Waals surface area (Å²) in [7, 11) is 3.43. The zero-order valence-corrected chi connectivity index (χ0v) is 17.7. The highest BCUT2D eigenvalue weighted by Gasteiger charge is 2.26. The van der Waals surface area contributed by atoms with Gasteiger partial charge in [0, 0.05) is 44.7 Å². The summed E-state index contributed by atoms with van der Waals surface area (Å²) in [6, 6.07) is 12.7. The van der Waals surface area contributed by atoms with Crippen LogP contribution in [-0.2, 0) is 0 Å². The van der Waals surface area contributed by atoms with E-state index in [1.165, 1.54) is 11.6 Å². The Hall–Kier alpha value is -3.09. The maximum Gasteiger partial charge on any atom is 0.251 e. The van der Waals surface area contributed by atoms with E-state index in [-0.39, 0.29) is 11.7 Å². The van der Waals surface area contributed by atoms with Gasteiger partial charge in [0.2, 0.25) is 0 Å². The van der Waals surface area contributed by atoms with Crippen LogP contribution in [0.2, 0.25) is 0 Å². The molecule has 1 fully saturated rings. The van der Waals surface area contributed by atoms with Gasteiger partial charge in [-0.1, -0.05) is 18.2 Å². The largest absolute Gasteiger partial charge is 0.497 e. The summed E-state index contributed by atoms with van der Waals surface area (Å²) in [6.07, 6.45) is 1.06. The lowest BCUT2D eigenvalue weighted by Gasteiger charge is -2.22. The number of aliphatic imine (C=N–C) groups is 1. The lowest BCUT2D eigenvalue weighted by Crippen LogP contribution is -2.43. The van der Waals surface area contributed by atoms with Gasteiger partial charge in [0.15, 0.2) is 5.96 Å². The van der Waals surface area contributed by atoms with E-state index < -0.39 is 0 Å². The molecule has 3 rings (SSSR count). The molecule has 2 aromatic carbocycles. The topological polar surface area (TPSA) is 66.0 Å². The number of nitrogens with zero attached hydrogens (tertiary/aromatic N) is 2. The van der Waals surface area contributed by atoms with E-state index in [1.807, 2.05) is 12.1 Å². The van der Waals surface area contributed by atoms with Crippen LogP contribution in [0.4, 0.5) is 4.39 Å². The van der Waals surface area contributed by atoms with Crippen LogP contribution in [0, 0.1) is 12.7 Å². The van der Waals surface area contributed by atoms with Gasteiger partial charge in [-0.25, -0.2) is 4.39 Å². The van der Waals surface area contributed by atoms with Crippen LogP contribution in [0.25, 0.3) is 0 Å². The molecule has 0 spiro atoms. The molecule has 30 heavy (non-hydrogen) atoms. The smallest absolute Gasteiger partial charge is 0.251 e. The second-order valence-corrected chi connectivity index (χ2v) is 7.40.